The van der Waals surface area contributed by atoms with Gasteiger partial charge in [-0.25, -0.2) is 4.39 Å². The molecule has 1 heterocycles. The molecule has 0 radical (unpaired) electrons. The molecule has 1 saturated heterocycles. The number of benzene rings is 2. The Bertz CT molecular complexity index is 839. The molecule has 0 bridgehead atoms. The fourth-order valence-corrected chi connectivity index (χ4v) is 3.35. The zero-order chi connectivity index (χ0) is 20.6. The Morgan fingerprint density at radius 3 is 2.41 bits per heavy atom. The van der Waals surface area contributed by atoms with Crippen LogP contribution in [0.2, 0.25) is 5.02 Å². The van der Waals surface area contributed by atoms with Crippen LogP contribution in [0.25, 0.3) is 0 Å². The highest BCUT2D eigenvalue weighted by Crippen LogP contribution is 2.19. The van der Waals surface area contributed by atoms with Crippen LogP contribution >= 0.6 is 11.6 Å². The van der Waals surface area contributed by atoms with Crippen molar-refractivity contribution in [1.29, 1.82) is 0 Å². The third kappa shape index (κ3) is 6.44. The summed E-state index contributed by atoms with van der Waals surface area (Å²) >= 11 is 5.94. The molecule has 29 heavy (non-hydrogen) atoms. The van der Waals surface area contributed by atoms with Gasteiger partial charge in [-0.05, 0) is 55.4 Å². The van der Waals surface area contributed by atoms with Crippen LogP contribution in [0.5, 0.6) is 0 Å². The average Bonchev–Trinajstić information content (AvgIpc) is 2.72. The second-order valence-electron chi connectivity index (χ2n) is 6.88. The van der Waals surface area contributed by atoms with E-state index in [0.29, 0.717) is 6.54 Å². The fourth-order valence-electron chi connectivity index (χ4n) is 3.22. The summed E-state index contributed by atoms with van der Waals surface area (Å²) in [7, 11) is 0. The van der Waals surface area contributed by atoms with Crippen molar-refractivity contribution < 1.29 is 14.0 Å². The molecule has 0 saturated carbocycles. The minimum Gasteiger partial charge on any atom is -0.369 e. The summed E-state index contributed by atoms with van der Waals surface area (Å²) in [6, 6.07) is 13.3. The molecule has 0 atom stereocenters. The van der Waals surface area contributed by atoms with Crippen molar-refractivity contribution in [3.63, 3.8) is 0 Å². The predicted molar refractivity (Wildman–Crippen MR) is 113 cm³/mol. The lowest BCUT2D eigenvalue weighted by Gasteiger charge is -2.36. The van der Waals surface area contributed by atoms with Gasteiger partial charge in [0.2, 0.25) is 0 Å². The van der Waals surface area contributed by atoms with Crippen LogP contribution in [0.3, 0.4) is 0 Å². The first-order valence-corrected chi connectivity index (χ1v) is 9.97. The van der Waals surface area contributed by atoms with Crippen LogP contribution in [0.4, 0.5) is 15.8 Å². The molecule has 1 aliphatic heterocycles. The summed E-state index contributed by atoms with van der Waals surface area (Å²) in [5.41, 5.74) is 1.43. The molecule has 3 rings (SSSR count). The van der Waals surface area contributed by atoms with Gasteiger partial charge >= 0.3 is 11.8 Å². The number of hydrogen-bond acceptors (Lipinski definition) is 4. The number of carbonyl (C=O) groups excluding carboxylic acids is 2. The van der Waals surface area contributed by atoms with Crippen molar-refractivity contribution in [3.8, 4) is 0 Å². The maximum absolute atomic E-state index is 13.1. The van der Waals surface area contributed by atoms with Crippen molar-refractivity contribution in [2.24, 2.45) is 0 Å². The van der Waals surface area contributed by atoms with E-state index < -0.39 is 17.6 Å². The van der Waals surface area contributed by atoms with Crippen LogP contribution in [0, 0.1) is 5.82 Å². The van der Waals surface area contributed by atoms with Gasteiger partial charge in [0, 0.05) is 49.1 Å². The Balaban J connectivity index is 1.32. The minimum absolute atomic E-state index is 0.253. The quantitative estimate of drug-likeness (QED) is 0.559. The maximum Gasteiger partial charge on any atom is 0.313 e. The van der Waals surface area contributed by atoms with Gasteiger partial charge in [0.05, 0.1) is 0 Å². The largest absolute Gasteiger partial charge is 0.369 e. The van der Waals surface area contributed by atoms with E-state index in [0.717, 1.165) is 50.2 Å². The molecule has 2 N–H and O–H groups in total. The number of amides is 2. The van der Waals surface area contributed by atoms with Gasteiger partial charge in [0.1, 0.15) is 5.82 Å². The highest BCUT2D eigenvalue weighted by Gasteiger charge is 2.17. The highest BCUT2D eigenvalue weighted by molar-refractivity contribution is 6.39. The first-order valence-electron chi connectivity index (χ1n) is 9.59. The number of hydrogen-bond donors (Lipinski definition) is 2. The van der Waals surface area contributed by atoms with Gasteiger partial charge in [-0.3, -0.25) is 14.5 Å². The summed E-state index contributed by atoms with van der Waals surface area (Å²) in [6.07, 6.45) is 0.750. The van der Waals surface area contributed by atoms with Crippen LogP contribution in [-0.2, 0) is 9.59 Å². The zero-order valence-corrected chi connectivity index (χ0v) is 16.8. The third-order valence-electron chi connectivity index (χ3n) is 4.79. The highest BCUT2D eigenvalue weighted by atomic mass is 35.5. The summed E-state index contributed by atoms with van der Waals surface area (Å²) in [4.78, 5) is 28.4. The molecule has 8 heteroatoms. The van der Waals surface area contributed by atoms with E-state index in [9.17, 15) is 14.0 Å². The van der Waals surface area contributed by atoms with Gasteiger partial charge in [-0.2, -0.15) is 0 Å². The third-order valence-corrected chi connectivity index (χ3v) is 5.04. The first-order chi connectivity index (χ1) is 14.0. The smallest absolute Gasteiger partial charge is 0.313 e. The van der Waals surface area contributed by atoms with Gasteiger partial charge < -0.3 is 15.5 Å². The summed E-state index contributed by atoms with van der Waals surface area (Å²) in [5, 5.41) is 5.72. The van der Waals surface area contributed by atoms with E-state index in [1.807, 2.05) is 24.3 Å². The Morgan fingerprint density at radius 2 is 1.72 bits per heavy atom. The number of carbonyl (C=O) groups is 2. The van der Waals surface area contributed by atoms with Gasteiger partial charge in [-0.1, -0.05) is 17.7 Å². The molecule has 0 unspecified atom stereocenters. The molecule has 2 amide bonds. The number of halogens is 2. The molecule has 0 aliphatic carbocycles. The molecule has 2 aromatic rings. The first kappa shape index (κ1) is 21.1. The molecule has 154 valence electrons. The molecule has 0 aromatic heterocycles. The lowest BCUT2D eigenvalue weighted by Crippen LogP contribution is -2.47. The molecule has 6 nitrogen and oxygen atoms in total. The molecule has 1 fully saturated rings. The second-order valence-corrected chi connectivity index (χ2v) is 7.32. The summed E-state index contributed by atoms with van der Waals surface area (Å²) in [6.45, 7) is 5.01. The van der Waals surface area contributed by atoms with Crippen molar-refractivity contribution in [1.82, 2.24) is 10.2 Å². The predicted octanol–water partition coefficient (Wildman–Crippen LogP) is 2.75. The number of nitrogens with zero attached hydrogens (tertiary/aromatic N) is 2. The lowest BCUT2D eigenvalue weighted by atomic mass is 10.2. The number of piperazine rings is 1. The Morgan fingerprint density at radius 1 is 1.00 bits per heavy atom. The summed E-state index contributed by atoms with van der Waals surface area (Å²) < 4.78 is 13.1. The van der Waals surface area contributed by atoms with Crippen molar-refractivity contribution in [3.05, 3.63) is 59.4 Å². The van der Waals surface area contributed by atoms with Crippen LogP contribution < -0.4 is 15.5 Å². The average molecular weight is 419 g/mol. The molecular formula is C21H24ClFN4O2. The van der Waals surface area contributed by atoms with Crippen molar-refractivity contribution >= 4 is 34.8 Å². The Kier molecular flexibility index (Phi) is 7.43. The SMILES string of the molecule is O=C(NCCCN1CCN(c2ccc(Cl)cc2)CC1)C(=O)Nc1cccc(F)c1. The Labute approximate surface area is 174 Å². The van der Waals surface area contributed by atoms with E-state index in [1.54, 1.807) is 0 Å². The second kappa shape index (κ2) is 10.2. The zero-order valence-electron chi connectivity index (χ0n) is 16.0. The number of anilines is 2. The molecular weight excluding hydrogens is 395 g/mol. The van der Waals surface area contributed by atoms with E-state index in [1.165, 1.54) is 23.9 Å². The van der Waals surface area contributed by atoms with E-state index in [2.05, 4.69) is 20.4 Å². The topological polar surface area (TPSA) is 64.7 Å². The molecule has 0 spiro atoms. The van der Waals surface area contributed by atoms with Crippen molar-refractivity contribution in [2.45, 2.75) is 6.42 Å². The van der Waals surface area contributed by atoms with Crippen LogP contribution in [0.1, 0.15) is 6.42 Å². The van der Waals surface area contributed by atoms with E-state index in [4.69, 9.17) is 11.6 Å². The van der Waals surface area contributed by atoms with E-state index in [-0.39, 0.29) is 5.69 Å². The van der Waals surface area contributed by atoms with Crippen molar-refractivity contribution in [2.75, 3.05) is 49.5 Å². The van der Waals surface area contributed by atoms with Crippen LogP contribution in [-0.4, -0.2) is 56.0 Å². The molecule has 2 aromatic carbocycles. The summed E-state index contributed by atoms with van der Waals surface area (Å²) in [5.74, 6) is -1.99. The van der Waals surface area contributed by atoms with Gasteiger partial charge in [-0.15, -0.1) is 0 Å². The minimum atomic E-state index is -0.799. The maximum atomic E-state index is 13.1. The lowest BCUT2D eigenvalue weighted by molar-refractivity contribution is -0.136. The molecule has 1 aliphatic rings. The monoisotopic (exact) mass is 418 g/mol. The van der Waals surface area contributed by atoms with E-state index >= 15 is 0 Å². The number of nitrogens with one attached hydrogen (secondary N) is 2. The van der Waals surface area contributed by atoms with Gasteiger partial charge in [0.25, 0.3) is 0 Å². The van der Waals surface area contributed by atoms with Crippen LogP contribution in [0.15, 0.2) is 48.5 Å². The Hall–Kier alpha value is -2.64. The fraction of sp³-hybridized carbons (Fsp3) is 0.333. The number of rotatable bonds is 6. The van der Waals surface area contributed by atoms with Gasteiger partial charge in [0.15, 0.2) is 0 Å². The normalized spacial score (nSPS) is 14.5. The standard InChI is InChI=1S/C21H24ClFN4O2/c22-16-5-7-19(8-6-16)27-13-11-26(12-14-27)10-2-9-24-20(28)21(29)25-18-4-1-3-17(23)15-18/h1,3-8,15H,2,9-14H2,(H,24,28)(H,25,29).